The Morgan fingerprint density at radius 1 is 1.22 bits per heavy atom. The third kappa shape index (κ3) is 5.34. The minimum absolute atomic E-state index is 0.0722. The lowest BCUT2D eigenvalue weighted by atomic mass is 10.2. The van der Waals surface area contributed by atoms with Gasteiger partial charge in [-0.1, -0.05) is 24.3 Å². The quantitative estimate of drug-likeness (QED) is 0.772. The highest BCUT2D eigenvalue weighted by molar-refractivity contribution is 6.30. The van der Waals surface area contributed by atoms with Gasteiger partial charge in [0.2, 0.25) is 0 Å². The Hall–Kier alpha value is -2.46. The summed E-state index contributed by atoms with van der Waals surface area (Å²) < 4.78 is 10.9. The molecule has 0 bridgehead atoms. The van der Waals surface area contributed by atoms with E-state index in [0.29, 0.717) is 23.1 Å². The van der Waals surface area contributed by atoms with E-state index in [1.54, 1.807) is 48.5 Å². The van der Waals surface area contributed by atoms with E-state index >= 15 is 0 Å². The molecule has 0 fully saturated rings. The molecule has 0 aliphatic carbocycles. The summed E-state index contributed by atoms with van der Waals surface area (Å²) in [4.78, 5) is 11.9. The number of amides is 1. The van der Waals surface area contributed by atoms with E-state index in [-0.39, 0.29) is 12.5 Å². The van der Waals surface area contributed by atoms with Gasteiger partial charge in [-0.3, -0.25) is 4.79 Å². The summed E-state index contributed by atoms with van der Waals surface area (Å²) in [6.07, 6.45) is 1.67. The lowest BCUT2D eigenvalue weighted by Gasteiger charge is -2.10. The number of rotatable bonds is 7. The molecule has 0 aliphatic rings. The Balaban J connectivity index is 1.85. The molecule has 2 aromatic rings. The second-order valence-corrected chi connectivity index (χ2v) is 5.31. The maximum absolute atomic E-state index is 11.9. The predicted octanol–water partition coefficient (Wildman–Crippen LogP) is 4.23. The number of hydrogen-bond acceptors (Lipinski definition) is 3. The standard InChI is InChI=1S/C18H18ClNO3/c1-3-10-22-16-7-5-15(6-8-16)20-18(21)12-23-17-9-4-14(19)11-13(17)2/h3-9,11H,1,10,12H2,2H3,(H,20,21). The number of halogens is 1. The number of carbonyl (C=O) groups excluding carboxylic acids is 1. The van der Waals surface area contributed by atoms with Gasteiger partial charge in [-0.15, -0.1) is 0 Å². The first-order valence-electron chi connectivity index (χ1n) is 7.11. The molecule has 1 amide bonds. The van der Waals surface area contributed by atoms with Gasteiger partial charge in [-0.05, 0) is 55.0 Å². The molecule has 0 heterocycles. The molecule has 4 nitrogen and oxygen atoms in total. The summed E-state index contributed by atoms with van der Waals surface area (Å²) in [5.41, 5.74) is 1.56. The zero-order valence-corrected chi connectivity index (χ0v) is 13.6. The topological polar surface area (TPSA) is 47.6 Å². The van der Waals surface area contributed by atoms with Crippen molar-refractivity contribution >= 4 is 23.2 Å². The molecule has 23 heavy (non-hydrogen) atoms. The van der Waals surface area contributed by atoms with Crippen LogP contribution in [0.5, 0.6) is 11.5 Å². The van der Waals surface area contributed by atoms with Crippen LogP contribution < -0.4 is 14.8 Å². The Morgan fingerprint density at radius 3 is 2.61 bits per heavy atom. The average Bonchev–Trinajstić information content (AvgIpc) is 2.53. The lowest BCUT2D eigenvalue weighted by Crippen LogP contribution is -2.20. The van der Waals surface area contributed by atoms with Gasteiger partial charge in [0.25, 0.3) is 5.91 Å². The van der Waals surface area contributed by atoms with E-state index in [1.807, 2.05) is 6.92 Å². The number of carbonyl (C=O) groups is 1. The van der Waals surface area contributed by atoms with Crippen molar-refractivity contribution in [3.8, 4) is 11.5 Å². The highest BCUT2D eigenvalue weighted by Crippen LogP contribution is 2.22. The van der Waals surface area contributed by atoms with Gasteiger partial charge in [0.1, 0.15) is 18.1 Å². The highest BCUT2D eigenvalue weighted by atomic mass is 35.5. The van der Waals surface area contributed by atoms with Crippen LogP contribution in [-0.4, -0.2) is 19.1 Å². The van der Waals surface area contributed by atoms with Crippen molar-refractivity contribution < 1.29 is 14.3 Å². The maximum atomic E-state index is 11.9. The Morgan fingerprint density at radius 2 is 1.96 bits per heavy atom. The van der Waals surface area contributed by atoms with E-state index in [1.165, 1.54) is 0 Å². The van der Waals surface area contributed by atoms with Crippen molar-refractivity contribution in [1.82, 2.24) is 0 Å². The average molecular weight is 332 g/mol. The van der Waals surface area contributed by atoms with Gasteiger partial charge in [-0.25, -0.2) is 0 Å². The summed E-state index contributed by atoms with van der Waals surface area (Å²) in [5, 5.41) is 3.40. The molecule has 120 valence electrons. The molecule has 0 saturated heterocycles. The van der Waals surface area contributed by atoms with Crippen LogP contribution in [0.25, 0.3) is 0 Å². The fraction of sp³-hybridized carbons (Fsp3) is 0.167. The van der Waals surface area contributed by atoms with Gasteiger partial charge in [0, 0.05) is 10.7 Å². The first-order valence-corrected chi connectivity index (χ1v) is 7.49. The monoisotopic (exact) mass is 331 g/mol. The van der Waals surface area contributed by atoms with Crippen molar-refractivity contribution in [2.45, 2.75) is 6.92 Å². The molecule has 2 rings (SSSR count). The molecule has 2 aromatic carbocycles. The molecule has 5 heteroatoms. The molecular formula is C18H18ClNO3. The molecule has 0 saturated carbocycles. The molecule has 0 aromatic heterocycles. The normalized spacial score (nSPS) is 10.0. The summed E-state index contributed by atoms with van der Waals surface area (Å²) in [6, 6.07) is 12.4. The van der Waals surface area contributed by atoms with Crippen LogP contribution in [0.15, 0.2) is 55.1 Å². The van der Waals surface area contributed by atoms with Crippen LogP contribution in [0.2, 0.25) is 5.02 Å². The summed E-state index contributed by atoms with van der Waals surface area (Å²) in [5.74, 6) is 1.12. The zero-order valence-electron chi connectivity index (χ0n) is 12.8. The van der Waals surface area contributed by atoms with Crippen molar-refractivity contribution in [1.29, 1.82) is 0 Å². The van der Waals surface area contributed by atoms with Crippen LogP contribution in [0.3, 0.4) is 0 Å². The number of anilines is 1. The fourth-order valence-electron chi connectivity index (χ4n) is 1.90. The lowest BCUT2D eigenvalue weighted by molar-refractivity contribution is -0.118. The first-order chi connectivity index (χ1) is 11.1. The second kappa shape index (κ2) is 8.25. The van der Waals surface area contributed by atoms with Crippen molar-refractivity contribution in [2.75, 3.05) is 18.5 Å². The van der Waals surface area contributed by atoms with Crippen LogP contribution in [0.1, 0.15) is 5.56 Å². The molecule has 1 N–H and O–H groups in total. The van der Waals surface area contributed by atoms with E-state index in [4.69, 9.17) is 21.1 Å². The third-order valence-corrected chi connectivity index (χ3v) is 3.24. The van der Waals surface area contributed by atoms with E-state index in [2.05, 4.69) is 11.9 Å². The summed E-state index contributed by atoms with van der Waals surface area (Å²) in [6.45, 7) is 5.83. The SMILES string of the molecule is C=CCOc1ccc(NC(=O)COc2ccc(Cl)cc2C)cc1. The number of ether oxygens (including phenoxy) is 2. The van der Waals surface area contributed by atoms with Gasteiger partial charge in [0.15, 0.2) is 6.61 Å². The Kier molecular flexibility index (Phi) is 6.06. The second-order valence-electron chi connectivity index (χ2n) is 4.87. The van der Waals surface area contributed by atoms with Gasteiger partial charge in [-0.2, -0.15) is 0 Å². The van der Waals surface area contributed by atoms with Gasteiger partial charge >= 0.3 is 0 Å². The van der Waals surface area contributed by atoms with E-state index in [9.17, 15) is 4.79 Å². The zero-order chi connectivity index (χ0) is 16.7. The van der Waals surface area contributed by atoms with Crippen LogP contribution in [0, 0.1) is 6.92 Å². The van der Waals surface area contributed by atoms with Crippen molar-refractivity contribution in [3.05, 3.63) is 65.7 Å². The molecular weight excluding hydrogens is 314 g/mol. The number of benzene rings is 2. The van der Waals surface area contributed by atoms with E-state index in [0.717, 1.165) is 11.3 Å². The molecule has 0 atom stereocenters. The van der Waals surface area contributed by atoms with Crippen molar-refractivity contribution in [3.63, 3.8) is 0 Å². The molecule has 0 radical (unpaired) electrons. The minimum atomic E-state index is -0.237. The van der Waals surface area contributed by atoms with Gasteiger partial charge in [0.05, 0.1) is 0 Å². The first kappa shape index (κ1) is 16.9. The molecule has 0 unspecified atom stereocenters. The fourth-order valence-corrected chi connectivity index (χ4v) is 2.13. The minimum Gasteiger partial charge on any atom is -0.490 e. The van der Waals surface area contributed by atoms with Crippen LogP contribution >= 0.6 is 11.6 Å². The Labute approximate surface area is 140 Å². The number of aryl methyl sites for hydroxylation is 1. The summed E-state index contributed by atoms with van der Waals surface area (Å²) >= 11 is 5.88. The highest BCUT2D eigenvalue weighted by Gasteiger charge is 2.06. The molecule has 0 spiro atoms. The molecule has 0 aliphatic heterocycles. The maximum Gasteiger partial charge on any atom is 0.262 e. The number of hydrogen-bond donors (Lipinski definition) is 1. The predicted molar refractivity (Wildman–Crippen MR) is 92.4 cm³/mol. The van der Waals surface area contributed by atoms with E-state index < -0.39 is 0 Å². The third-order valence-electron chi connectivity index (χ3n) is 3.00. The van der Waals surface area contributed by atoms with Gasteiger partial charge < -0.3 is 14.8 Å². The van der Waals surface area contributed by atoms with Crippen LogP contribution in [0.4, 0.5) is 5.69 Å². The van der Waals surface area contributed by atoms with Crippen LogP contribution in [-0.2, 0) is 4.79 Å². The number of nitrogens with one attached hydrogen (secondary N) is 1. The Bertz CT molecular complexity index is 683. The smallest absolute Gasteiger partial charge is 0.262 e. The largest absolute Gasteiger partial charge is 0.490 e. The van der Waals surface area contributed by atoms with Crippen molar-refractivity contribution in [2.24, 2.45) is 0 Å². The summed E-state index contributed by atoms with van der Waals surface area (Å²) in [7, 11) is 0.